The third-order valence-corrected chi connectivity index (χ3v) is 2.69. The summed E-state index contributed by atoms with van der Waals surface area (Å²) in [5.41, 5.74) is 1.75. The summed E-state index contributed by atoms with van der Waals surface area (Å²) in [5.74, 6) is 0.558. The van der Waals surface area contributed by atoms with E-state index in [2.05, 4.69) is 15.0 Å². The van der Waals surface area contributed by atoms with Crippen LogP contribution in [0.1, 0.15) is 0 Å². The molecule has 1 aromatic carbocycles. The minimum Gasteiger partial charge on any atom is -0.497 e. The largest absolute Gasteiger partial charge is 0.497 e. The molecule has 0 spiro atoms. The van der Waals surface area contributed by atoms with Crippen LogP contribution < -0.4 is 4.74 Å². The molecule has 0 radical (unpaired) electrons. The van der Waals surface area contributed by atoms with Crippen molar-refractivity contribution in [2.24, 2.45) is 0 Å². The Morgan fingerprint density at radius 3 is 2.89 bits per heavy atom. The Bertz CT molecular complexity index is 675. The lowest BCUT2D eigenvalue weighted by Crippen LogP contribution is -1.89. The van der Waals surface area contributed by atoms with Crippen molar-refractivity contribution in [3.8, 4) is 17.1 Å². The van der Waals surface area contributed by atoms with E-state index in [1.165, 1.54) is 13.2 Å². The summed E-state index contributed by atoms with van der Waals surface area (Å²) in [5, 5.41) is 0. The number of imidazole rings is 1. The van der Waals surface area contributed by atoms with E-state index < -0.39 is 0 Å². The minimum absolute atomic E-state index is 0.381. The normalized spacial score (nSPS) is 10.8. The van der Waals surface area contributed by atoms with Crippen LogP contribution in [0.5, 0.6) is 5.75 Å². The van der Waals surface area contributed by atoms with Crippen LogP contribution in [0.15, 0.2) is 36.5 Å². The van der Waals surface area contributed by atoms with Gasteiger partial charge in [0.1, 0.15) is 17.4 Å². The number of hydrogen-bond acceptors (Lipinski definition) is 3. The number of halogens is 1. The van der Waals surface area contributed by atoms with E-state index in [0.29, 0.717) is 22.8 Å². The molecular weight excluding hydrogens is 233 g/mol. The lowest BCUT2D eigenvalue weighted by molar-refractivity contribution is 0.411. The summed E-state index contributed by atoms with van der Waals surface area (Å²) in [7, 11) is 1.50. The topological polar surface area (TPSA) is 50.8 Å². The third-order valence-electron chi connectivity index (χ3n) is 2.69. The zero-order valence-electron chi connectivity index (χ0n) is 9.64. The number of aromatic nitrogens is 3. The van der Waals surface area contributed by atoms with E-state index in [1.54, 1.807) is 24.4 Å². The molecule has 0 fully saturated rings. The fourth-order valence-electron chi connectivity index (χ4n) is 1.79. The number of aromatic amines is 1. The fraction of sp³-hybridized carbons (Fsp3) is 0.0769. The number of nitrogens with zero attached hydrogens (tertiary/aromatic N) is 2. The molecule has 90 valence electrons. The highest BCUT2D eigenvalue weighted by Gasteiger charge is 2.11. The summed E-state index contributed by atoms with van der Waals surface area (Å²) in [6.45, 7) is 0. The molecule has 0 unspecified atom stereocenters. The summed E-state index contributed by atoms with van der Waals surface area (Å²) in [6, 6.07) is 8.30. The molecule has 0 saturated heterocycles. The van der Waals surface area contributed by atoms with Crippen LogP contribution in [0.2, 0.25) is 0 Å². The lowest BCUT2D eigenvalue weighted by Gasteiger charge is -2.02. The van der Waals surface area contributed by atoms with Gasteiger partial charge in [-0.05, 0) is 24.3 Å². The van der Waals surface area contributed by atoms with E-state index in [1.807, 2.05) is 6.07 Å². The summed E-state index contributed by atoms with van der Waals surface area (Å²) >= 11 is 0. The van der Waals surface area contributed by atoms with E-state index in [9.17, 15) is 4.39 Å². The van der Waals surface area contributed by atoms with Gasteiger partial charge in [0.15, 0.2) is 5.65 Å². The number of ether oxygens (including phenoxy) is 1. The number of H-pyrrole nitrogens is 1. The molecule has 0 aliphatic carbocycles. The van der Waals surface area contributed by atoms with Gasteiger partial charge in [-0.25, -0.2) is 14.4 Å². The second-order valence-corrected chi connectivity index (χ2v) is 3.81. The van der Waals surface area contributed by atoms with Gasteiger partial charge in [-0.1, -0.05) is 0 Å². The highest BCUT2D eigenvalue weighted by molar-refractivity contribution is 5.75. The van der Waals surface area contributed by atoms with Gasteiger partial charge in [0, 0.05) is 12.3 Å². The van der Waals surface area contributed by atoms with Gasteiger partial charge in [-0.2, -0.15) is 0 Å². The van der Waals surface area contributed by atoms with Crippen LogP contribution >= 0.6 is 0 Å². The minimum atomic E-state index is -0.381. The zero-order chi connectivity index (χ0) is 12.5. The number of rotatable bonds is 2. The summed E-state index contributed by atoms with van der Waals surface area (Å²) in [6.07, 6.45) is 1.65. The standard InChI is InChI=1S/C13H10FN3O/c1-18-8-4-5-9(10(14)7-8)12-16-11-3-2-6-15-13(11)17-12/h2-7H,1H3,(H,15,16,17). The van der Waals surface area contributed by atoms with Crippen molar-refractivity contribution in [2.75, 3.05) is 7.11 Å². The molecule has 18 heavy (non-hydrogen) atoms. The lowest BCUT2D eigenvalue weighted by atomic mass is 10.2. The maximum absolute atomic E-state index is 13.9. The predicted molar refractivity (Wildman–Crippen MR) is 65.8 cm³/mol. The first-order valence-electron chi connectivity index (χ1n) is 5.42. The number of nitrogens with one attached hydrogen (secondary N) is 1. The van der Waals surface area contributed by atoms with Crippen molar-refractivity contribution in [2.45, 2.75) is 0 Å². The molecule has 0 aliphatic heterocycles. The average Bonchev–Trinajstić information content (AvgIpc) is 2.81. The van der Waals surface area contributed by atoms with Crippen molar-refractivity contribution in [1.29, 1.82) is 0 Å². The maximum atomic E-state index is 13.9. The van der Waals surface area contributed by atoms with Gasteiger partial charge in [0.2, 0.25) is 0 Å². The van der Waals surface area contributed by atoms with Crippen LogP contribution in [-0.4, -0.2) is 22.1 Å². The summed E-state index contributed by atoms with van der Waals surface area (Å²) in [4.78, 5) is 11.4. The number of hydrogen-bond donors (Lipinski definition) is 1. The van der Waals surface area contributed by atoms with E-state index in [-0.39, 0.29) is 5.82 Å². The Labute approximate surface area is 102 Å². The smallest absolute Gasteiger partial charge is 0.178 e. The van der Waals surface area contributed by atoms with E-state index >= 15 is 0 Å². The van der Waals surface area contributed by atoms with Gasteiger partial charge >= 0.3 is 0 Å². The van der Waals surface area contributed by atoms with Gasteiger partial charge in [0.05, 0.1) is 18.2 Å². The molecule has 3 aromatic rings. The van der Waals surface area contributed by atoms with Gasteiger partial charge in [0.25, 0.3) is 0 Å². The molecule has 2 heterocycles. The molecule has 0 saturated carbocycles. The average molecular weight is 243 g/mol. The molecule has 0 amide bonds. The first-order chi connectivity index (χ1) is 8.78. The van der Waals surface area contributed by atoms with Crippen molar-refractivity contribution >= 4 is 11.2 Å². The number of benzene rings is 1. The summed E-state index contributed by atoms with van der Waals surface area (Å²) < 4.78 is 18.9. The third kappa shape index (κ3) is 1.69. The van der Waals surface area contributed by atoms with E-state index in [4.69, 9.17) is 4.74 Å². The quantitative estimate of drug-likeness (QED) is 0.753. The van der Waals surface area contributed by atoms with Gasteiger partial charge in [-0.15, -0.1) is 0 Å². The molecular formula is C13H10FN3O. The SMILES string of the molecule is COc1ccc(-c2nc3ncccc3[nH]2)c(F)c1. The second-order valence-electron chi connectivity index (χ2n) is 3.81. The predicted octanol–water partition coefficient (Wildman–Crippen LogP) is 2.77. The Kier molecular flexibility index (Phi) is 2.44. The van der Waals surface area contributed by atoms with Gasteiger partial charge < -0.3 is 9.72 Å². The maximum Gasteiger partial charge on any atom is 0.178 e. The molecule has 3 rings (SSSR count). The Morgan fingerprint density at radius 2 is 2.17 bits per heavy atom. The van der Waals surface area contributed by atoms with Crippen LogP contribution in [0.25, 0.3) is 22.6 Å². The fourth-order valence-corrected chi connectivity index (χ4v) is 1.79. The highest BCUT2D eigenvalue weighted by Crippen LogP contribution is 2.25. The molecule has 0 aliphatic rings. The second kappa shape index (κ2) is 4.10. The molecule has 4 nitrogen and oxygen atoms in total. The zero-order valence-corrected chi connectivity index (χ0v) is 9.64. The van der Waals surface area contributed by atoms with Gasteiger partial charge in [-0.3, -0.25) is 0 Å². The van der Waals surface area contributed by atoms with Crippen LogP contribution in [0.3, 0.4) is 0 Å². The molecule has 0 atom stereocenters. The van der Waals surface area contributed by atoms with Crippen molar-refractivity contribution in [3.63, 3.8) is 0 Å². The van der Waals surface area contributed by atoms with E-state index in [0.717, 1.165) is 5.52 Å². The Morgan fingerprint density at radius 1 is 1.28 bits per heavy atom. The molecule has 0 bridgehead atoms. The van der Waals surface area contributed by atoms with Crippen LogP contribution in [-0.2, 0) is 0 Å². The van der Waals surface area contributed by atoms with Crippen molar-refractivity contribution in [3.05, 3.63) is 42.3 Å². The molecule has 1 N–H and O–H groups in total. The first-order valence-corrected chi connectivity index (χ1v) is 5.42. The molecule has 5 heteroatoms. The Hall–Kier alpha value is -2.43. The monoisotopic (exact) mass is 243 g/mol. The number of methoxy groups -OCH3 is 1. The number of pyridine rings is 1. The van der Waals surface area contributed by atoms with Crippen LogP contribution in [0.4, 0.5) is 4.39 Å². The van der Waals surface area contributed by atoms with Crippen LogP contribution in [0, 0.1) is 5.82 Å². The first kappa shape index (κ1) is 10.7. The van der Waals surface area contributed by atoms with Crippen molar-refractivity contribution in [1.82, 2.24) is 15.0 Å². The number of fused-ring (bicyclic) bond motifs is 1. The van der Waals surface area contributed by atoms with Crippen molar-refractivity contribution < 1.29 is 9.13 Å². The Balaban J connectivity index is 2.14. The highest BCUT2D eigenvalue weighted by atomic mass is 19.1. The molecule has 2 aromatic heterocycles.